The predicted octanol–water partition coefficient (Wildman–Crippen LogP) is -0.244. The lowest BCUT2D eigenvalue weighted by Crippen LogP contribution is -2.47. The van der Waals surface area contributed by atoms with Gasteiger partial charge in [0.1, 0.15) is 6.33 Å². The molecule has 0 radical (unpaired) electrons. The first-order valence-electron chi connectivity index (χ1n) is 4.36. The number of nitrogens with one attached hydrogen (secondary N) is 1. The summed E-state index contributed by atoms with van der Waals surface area (Å²) in [5.41, 5.74) is 0. The normalized spacial score (nSPS) is 17.4. The van der Waals surface area contributed by atoms with Gasteiger partial charge in [-0.25, -0.2) is 9.78 Å². The number of piperazine rings is 1. The molecule has 1 aliphatic rings. The van der Waals surface area contributed by atoms with Crippen LogP contribution in [0, 0.1) is 0 Å². The van der Waals surface area contributed by atoms with E-state index in [9.17, 15) is 4.79 Å². The lowest BCUT2D eigenvalue weighted by molar-refractivity contribution is 0.192. The molecule has 1 amide bonds. The Labute approximate surface area is 76.4 Å². The van der Waals surface area contributed by atoms with Crippen molar-refractivity contribution in [1.29, 1.82) is 0 Å². The first kappa shape index (κ1) is 8.25. The number of hydrogen-bond acceptors (Lipinski definition) is 3. The van der Waals surface area contributed by atoms with Crippen molar-refractivity contribution in [3.63, 3.8) is 0 Å². The molecule has 0 saturated carbocycles. The van der Waals surface area contributed by atoms with Gasteiger partial charge in [0.2, 0.25) is 0 Å². The topological polar surface area (TPSA) is 50.2 Å². The van der Waals surface area contributed by atoms with Crippen LogP contribution in [0.2, 0.25) is 0 Å². The second-order valence-corrected chi connectivity index (χ2v) is 2.99. The molecule has 0 bridgehead atoms. The Kier molecular flexibility index (Phi) is 2.27. The molecule has 1 aromatic heterocycles. The standard InChI is InChI=1S/C8H12N4O/c13-8(12-6-3-10-7-12)11-4-1-9-2-5-11/h3,6-7,9H,1-2,4-5H2. The van der Waals surface area contributed by atoms with Gasteiger partial charge in [0.05, 0.1) is 0 Å². The minimum absolute atomic E-state index is 0.0130. The summed E-state index contributed by atoms with van der Waals surface area (Å²) in [5.74, 6) is 0. The molecule has 0 aliphatic carbocycles. The summed E-state index contributed by atoms with van der Waals surface area (Å²) in [4.78, 5) is 17.3. The van der Waals surface area contributed by atoms with Crippen LogP contribution in [0.1, 0.15) is 0 Å². The van der Waals surface area contributed by atoms with Crippen molar-refractivity contribution in [2.75, 3.05) is 26.2 Å². The molecule has 5 nitrogen and oxygen atoms in total. The molecule has 1 fully saturated rings. The van der Waals surface area contributed by atoms with Crippen molar-refractivity contribution in [2.45, 2.75) is 0 Å². The minimum Gasteiger partial charge on any atom is -0.321 e. The van der Waals surface area contributed by atoms with Crippen molar-refractivity contribution in [3.05, 3.63) is 18.7 Å². The first-order valence-corrected chi connectivity index (χ1v) is 4.36. The van der Waals surface area contributed by atoms with Crippen LogP contribution in [0.3, 0.4) is 0 Å². The van der Waals surface area contributed by atoms with E-state index in [1.807, 2.05) is 4.90 Å². The van der Waals surface area contributed by atoms with Gasteiger partial charge in [-0.15, -0.1) is 0 Å². The van der Waals surface area contributed by atoms with Crippen molar-refractivity contribution in [2.24, 2.45) is 0 Å². The SMILES string of the molecule is O=C(N1CCNCC1)n1ccnc1. The van der Waals surface area contributed by atoms with Gasteiger partial charge in [0.15, 0.2) is 0 Å². The summed E-state index contributed by atoms with van der Waals surface area (Å²) in [5, 5.41) is 3.20. The molecule has 0 spiro atoms. The fourth-order valence-corrected chi connectivity index (χ4v) is 1.39. The number of carbonyl (C=O) groups is 1. The molecular formula is C8H12N4O. The number of hydrogen-bond donors (Lipinski definition) is 1. The van der Waals surface area contributed by atoms with Gasteiger partial charge >= 0.3 is 6.03 Å². The van der Waals surface area contributed by atoms with E-state index in [0.29, 0.717) is 0 Å². The van der Waals surface area contributed by atoms with Gasteiger partial charge in [-0.3, -0.25) is 4.57 Å². The van der Waals surface area contributed by atoms with Gasteiger partial charge in [0, 0.05) is 38.6 Å². The number of aromatic nitrogens is 2. The van der Waals surface area contributed by atoms with E-state index in [1.165, 1.54) is 10.9 Å². The van der Waals surface area contributed by atoms with Crippen molar-refractivity contribution in [3.8, 4) is 0 Å². The summed E-state index contributed by atoms with van der Waals surface area (Å²) in [6, 6.07) is 0.0130. The van der Waals surface area contributed by atoms with E-state index >= 15 is 0 Å². The molecule has 70 valence electrons. The highest BCUT2D eigenvalue weighted by Crippen LogP contribution is 1.97. The fraction of sp³-hybridized carbons (Fsp3) is 0.500. The molecule has 0 unspecified atom stereocenters. The molecule has 1 aliphatic heterocycles. The Hall–Kier alpha value is -1.36. The number of carbonyl (C=O) groups excluding carboxylic acids is 1. The van der Waals surface area contributed by atoms with Gasteiger partial charge in [0.25, 0.3) is 0 Å². The number of amides is 1. The Balaban J connectivity index is 2.04. The van der Waals surface area contributed by atoms with Gasteiger partial charge < -0.3 is 10.2 Å². The Morgan fingerprint density at radius 2 is 2.15 bits per heavy atom. The van der Waals surface area contributed by atoms with E-state index in [4.69, 9.17) is 0 Å². The van der Waals surface area contributed by atoms with Crippen LogP contribution < -0.4 is 5.32 Å². The Morgan fingerprint density at radius 3 is 2.77 bits per heavy atom. The molecular weight excluding hydrogens is 168 g/mol. The zero-order valence-corrected chi connectivity index (χ0v) is 7.31. The second-order valence-electron chi connectivity index (χ2n) is 2.99. The Bertz CT molecular complexity index is 276. The summed E-state index contributed by atoms with van der Waals surface area (Å²) in [7, 11) is 0. The molecule has 1 aromatic rings. The average Bonchev–Trinajstić information content (AvgIpc) is 2.71. The third kappa shape index (κ3) is 1.70. The largest absolute Gasteiger partial charge is 0.329 e. The van der Waals surface area contributed by atoms with Gasteiger partial charge in [-0.05, 0) is 0 Å². The third-order valence-corrected chi connectivity index (χ3v) is 2.11. The maximum atomic E-state index is 11.7. The number of imidazole rings is 1. The lowest BCUT2D eigenvalue weighted by Gasteiger charge is -2.27. The summed E-state index contributed by atoms with van der Waals surface area (Å²) in [6.07, 6.45) is 4.81. The van der Waals surface area contributed by atoms with Crippen LogP contribution in [0.4, 0.5) is 4.79 Å². The first-order chi connectivity index (χ1) is 6.38. The van der Waals surface area contributed by atoms with E-state index in [0.717, 1.165) is 26.2 Å². The van der Waals surface area contributed by atoms with E-state index in [1.54, 1.807) is 12.4 Å². The second kappa shape index (κ2) is 3.57. The summed E-state index contributed by atoms with van der Waals surface area (Å²) < 4.78 is 1.51. The number of rotatable bonds is 0. The molecule has 1 N–H and O–H groups in total. The van der Waals surface area contributed by atoms with E-state index in [-0.39, 0.29) is 6.03 Å². The van der Waals surface area contributed by atoms with Gasteiger partial charge in [-0.2, -0.15) is 0 Å². The number of nitrogens with zero attached hydrogens (tertiary/aromatic N) is 3. The molecule has 13 heavy (non-hydrogen) atoms. The van der Waals surface area contributed by atoms with Crippen LogP contribution >= 0.6 is 0 Å². The molecule has 2 rings (SSSR count). The van der Waals surface area contributed by atoms with E-state index in [2.05, 4.69) is 10.3 Å². The van der Waals surface area contributed by atoms with Crippen LogP contribution in [-0.2, 0) is 0 Å². The third-order valence-electron chi connectivity index (χ3n) is 2.11. The molecule has 0 atom stereocenters. The van der Waals surface area contributed by atoms with Crippen LogP contribution in [-0.4, -0.2) is 46.7 Å². The molecule has 5 heteroatoms. The molecule has 1 saturated heterocycles. The summed E-state index contributed by atoms with van der Waals surface area (Å²) >= 11 is 0. The van der Waals surface area contributed by atoms with Crippen molar-refractivity contribution >= 4 is 6.03 Å². The van der Waals surface area contributed by atoms with Crippen molar-refractivity contribution < 1.29 is 4.79 Å². The quantitative estimate of drug-likeness (QED) is 0.599. The van der Waals surface area contributed by atoms with Gasteiger partial charge in [-0.1, -0.05) is 0 Å². The van der Waals surface area contributed by atoms with Crippen LogP contribution in [0.5, 0.6) is 0 Å². The van der Waals surface area contributed by atoms with Crippen LogP contribution in [0.15, 0.2) is 18.7 Å². The maximum Gasteiger partial charge on any atom is 0.329 e. The highest BCUT2D eigenvalue weighted by molar-refractivity contribution is 5.76. The summed E-state index contributed by atoms with van der Waals surface area (Å²) in [6.45, 7) is 3.30. The lowest BCUT2D eigenvalue weighted by atomic mass is 10.4. The monoisotopic (exact) mass is 180 g/mol. The highest BCUT2D eigenvalue weighted by atomic mass is 16.2. The zero-order chi connectivity index (χ0) is 9.10. The smallest absolute Gasteiger partial charge is 0.321 e. The average molecular weight is 180 g/mol. The maximum absolute atomic E-state index is 11.7. The molecule has 2 heterocycles. The fourth-order valence-electron chi connectivity index (χ4n) is 1.39. The zero-order valence-electron chi connectivity index (χ0n) is 7.31. The highest BCUT2D eigenvalue weighted by Gasteiger charge is 2.16. The van der Waals surface area contributed by atoms with Crippen molar-refractivity contribution in [1.82, 2.24) is 19.8 Å². The predicted molar refractivity (Wildman–Crippen MR) is 47.5 cm³/mol. The van der Waals surface area contributed by atoms with E-state index < -0.39 is 0 Å². The Morgan fingerprint density at radius 1 is 1.38 bits per heavy atom. The molecule has 0 aromatic carbocycles. The van der Waals surface area contributed by atoms with Crippen LogP contribution in [0.25, 0.3) is 0 Å². The minimum atomic E-state index is 0.0130.